The minimum absolute atomic E-state index is 0.369. The van der Waals surface area contributed by atoms with Crippen LogP contribution in [0.5, 0.6) is 0 Å². The first-order valence-corrected chi connectivity index (χ1v) is 11.6. The maximum Gasteiger partial charge on any atom is 0.349 e. The van der Waals surface area contributed by atoms with Crippen LogP contribution >= 0.6 is 58.4 Å². The van der Waals surface area contributed by atoms with Gasteiger partial charge in [0.25, 0.3) is 0 Å². The summed E-state index contributed by atoms with van der Waals surface area (Å²) in [6.45, 7) is 0.429. The molecule has 0 fully saturated rings. The smallest absolute Gasteiger partial charge is 0.349 e. The van der Waals surface area contributed by atoms with Crippen molar-refractivity contribution in [3.05, 3.63) is 74.3 Å². The molecular formula is C21H15Cl3N4O2S2. The fourth-order valence-electron chi connectivity index (χ4n) is 3.02. The first-order valence-electron chi connectivity index (χ1n) is 9.19. The van der Waals surface area contributed by atoms with Crippen LogP contribution in [0, 0.1) is 0 Å². The van der Waals surface area contributed by atoms with Crippen molar-refractivity contribution < 1.29 is 9.53 Å². The Kier molecular flexibility index (Phi) is 6.88. The van der Waals surface area contributed by atoms with Crippen LogP contribution in [0.1, 0.15) is 15.2 Å². The first-order chi connectivity index (χ1) is 15.4. The lowest BCUT2D eigenvalue weighted by Gasteiger charge is -2.09. The zero-order valence-corrected chi connectivity index (χ0v) is 20.4. The predicted molar refractivity (Wildman–Crippen MR) is 136 cm³/mol. The van der Waals surface area contributed by atoms with Crippen molar-refractivity contribution in [3.8, 4) is 0 Å². The van der Waals surface area contributed by atoms with Gasteiger partial charge in [0.15, 0.2) is 5.11 Å². The van der Waals surface area contributed by atoms with E-state index in [0.717, 1.165) is 21.3 Å². The topological polar surface area (TPSA) is 68.2 Å². The lowest BCUT2D eigenvalue weighted by molar-refractivity contribution is 0.0606. The molecule has 0 aliphatic rings. The number of esters is 1. The van der Waals surface area contributed by atoms with Gasteiger partial charge in [-0.1, -0.05) is 40.9 Å². The van der Waals surface area contributed by atoms with Crippen LogP contribution < -0.4 is 10.6 Å². The van der Waals surface area contributed by atoms with Crippen LogP contribution in [0.3, 0.4) is 0 Å². The average molecular weight is 526 g/mol. The normalized spacial score (nSPS) is 10.9. The van der Waals surface area contributed by atoms with E-state index in [0.29, 0.717) is 37.3 Å². The molecule has 2 aromatic heterocycles. The van der Waals surface area contributed by atoms with Crippen molar-refractivity contribution in [1.29, 1.82) is 0 Å². The third-order valence-electron chi connectivity index (χ3n) is 4.53. The molecule has 164 valence electrons. The number of methoxy groups -OCH3 is 1. The molecular weight excluding hydrogens is 511 g/mol. The van der Waals surface area contributed by atoms with E-state index in [1.165, 1.54) is 18.4 Å². The predicted octanol–water partition coefficient (Wildman–Crippen LogP) is 6.70. The molecule has 0 unspecified atom stereocenters. The Hall–Kier alpha value is -2.36. The second-order valence-corrected chi connectivity index (χ2v) is 9.31. The highest BCUT2D eigenvalue weighted by atomic mass is 35.5. The lowest BCUT2D eigenvalue weighted by Crippen LogP contribution is -2.18. The number of fused-ring (bicyclic) bond motifs is 1. The summed E-state index contributed by atoms with van der Waals surface area (Å²) in [6, 6.07) is 10.9. The van der Waals surface area contributed by atoms with Gasteiger partial charge >= 0.3 is 5.97 Å². The highest BCUT2D eigenvalue weighted by Crippen LogP contribution is 2.37. The van der Waals surface area contributed by atoms with E-state index >= 15 is 0 Å². The number of hydrogen-bond acceptors (Lipinski definition) is 5. The maximum atomic E-state index is 11.9. The second-order valence-electron chi connectivity index (χ2n) is 6.65. The van der Waals surface area contributed by atoms with E-state index in [9.17, 15) is 4.79 Å². The average Bonchev–Trinajstić information content (AvgIpc) is 3.34. The fourth-order valence-corrected chi connectivity index (χ4v) is 5.24. The van der Waals surface area contributed by atoms with Gasteiger partial charge in [-0.3, -0.25) is 4.68 Å². The van der Waals surface area contributed by atoms with Crippen molar-refractivity contribution in [2.45, 2.75) is 6.54 Å². The number of nitrogens with one attached hydrogen (secondary N) is 2. The van der Waals surface area contributed by atoms with E-state index in [1.54, 1.807) is 35.3 Å². The summed E-state index contributed by atoms with van der Waals surface area (Å²) in [6.07, 6.45) is 3.46. The third kappa shape index (κ3) is 4.84. The van der Waals surface area contributed by atoms with Crippen LogP contribution in [0.2, 0.25) is 15.1 Å². The van der Waals surface area contributed by atoms with E-state index < -0.39 is 5.97 Å². The Morgan fingerprint density at radius 3 is 2.59 bits per heavy atom. The van der Waals surface area contributed by atoms with Crippen molar-refractivity contribution in [2.24, 2.45) is 0 Å². The highest BCUT2D eigenvalue weighted by Gasteiger charge is 2.18. The molecule has 4 rings (SSSR count). The Balaban J connectivity index is 1.44. The molecule has 6 nitrogen and oxygen atoms in total. The van der Waals surface area contributed by atoms with Gasteiger partial charge < -0.3 is 15.4 Å². The summed E-state index contributed by atoms with van der Waals surface area (Å²) in [5.74, 6) is -0.460. The van der Waals surface area contributed by atoms with Crippen LogP contribution in [-0.4, -0.2) is 28.0 Å². The van der Waals surface area contributed by atoms with Gasteiger partial charge in [0, 0.05) is 37.6 Å². The molecule has 2 heterocycles. The number of hydrogen-bond donors (Lipinski definition) is 2. The highest BCUT2D eigenvalue weighted by molar-refractivity contribution is 7.80. The molecule has 4 aromatic rings. The van der Waals surface area contributed by atoms with Crippen LogP contribution in [-0.2, 0) is 11.3 Å². The minimum Gasteiger partial charge on any atom is -0.465 e. The van der Waals surface area contributed by atoms with Crippen LogP contribution in [0.4, 0.5) is 11.4 Å². The maximum absolute atomic E-state index is 11.9. The molecule has 0 aliphatic heterocycles. The second kappa shape index (κ2) is 9.64. The number of thiocarbonyl (C=S) groups is 1. The number of rotatable bonds is 5. The molecule has 0 aliphatic carbocycles. The van der Waals surface area contributed by atoms with Gasteiger partial charge in [-0.15, -0.1) is 11.3 Å². The third-order valence-corrected chi connectivity index (χ3v) is 7.08. The molecule has 0 amide bonds. The zero-order chi connectivity index (χ0) is 22.8. The number of halogens is 3. The number of anilines is 2. The number of aromatic nitrogens is 2. The summed E-state index contributed by atoms with van der Waals surface area (Å²) in [5.41, 5.74) is 2.25. The van der Waals surface area contributed by atoms with Crippen molar-refractivity contribution >= 4 is 90.9 Å². The number of carbonyl (C=O) groups is 1. The molecule has 0 saturated heterocycles. The SMILES string of the molecule is COC(=O)c1sc2cc(NC(=S)Nc3cnn(Cc4c(Cl)cccc4Cl)c3)ccc2c1Cl. The molecule has 0 saturated carbocycles. The first kappa shape index (κ1) is 22.8. The van der Waals surface area contributed by atoms with E-state index in [1.807, 2.05) is 18.2 Å². The molecule has 0 spiro atoms. The van der Waals surface area contributed by atoms with Crippen LogP contribution in [0.15, 0.2) is 48.8 Å². The lowest BCUT2D eigenvalue weighted by atomic mass is 10.2. The van der Waals surface area contributed by atoms with Crippen molar-refractivity contribution in [1.82, 2.24) is 9.78 Å². The standard InChI is InChI=1S/C21H15Cl3N4O2S2/c1-30-20(29)19-18(24)13-6-5-11(7-17(13)32-19)26-21(31)27-12-8-25-28(9-12)10-14-15(22)3-2-4-16(14)23/h2-9H,10H2,1H3,(H2,26,27,31). The van der Waals surface area contributed by atoms with Crippen LogP contribution in [0.25, 0.3) is 10.1 Å². The quantitative estimate of drug-likeness (QED) is 0.223. The Labute approximate surface area is 208 Å². The van der Waals surface area contributed by atoms with Crippen molar-refractivity contribution in [3.63, 3.8) is 0 Å². The molecule has 0 atom stereocenters. The summed E-state index contributed by atoms with van der Waals surface area (Å²) >= 11 is 25.4. The van der Waals surface area contributed by atoms with Gasteiger partial charge in [-0.2, -0.15) is 5.10 Å². The van der Waals surface area contributed by atoms with Gasteiger partial charge in [0.05, 0.1) is 30.6 Å². The number of ether oxygens (including phenoxy) is 1. The summed E-state index contributed by atoms with van der Waals surface area (Å²) in [5, 5.41) is 13.2. The minimum atomic E-state index is -0.460. The largest absolute Gasteiger partial charge is 0.465 e. The van der Waals surface area contributed by atoms with E-state index in [-0.39, 0.29) is 0 Å². The molecule has 0 radical (unpaired) electrons. The molecule has 32 heavy (non-hydrogen) atoms. The Bertz CT molecular complexity index is 1320. The molecule has 11 heteroatoms. The number of thiophene rings is 1. The number of benzene rings is 2. The summed E-state index contributed by atoms with van der Waals surface area (Å²) in [4.78, 5) is 12.2. The monoisotopic (exact) mass is 524 g/mol. The Morgan fingerprint density at radius 2 is 1.88 bits per heavy atom. The van der Waals surface area contributed by atoms with Gasteiger partial charge in [-0.05, 0) is 42.5 Å². The Morgan fingerprint density at radius 1 is 1.16 bits per heavy atom. The summed E-state index contributed by atoms with van der Waals surface area (Å²) < 4.78 is 7.33. The zero-order valence-electron chi connectivity index (χ0n) is 16.5. The van der Waals surface area contributed by atoms with Gasteiger partial charge in [0.1, 0.15) is 4.88 Å². The molecule has 2 N–H and O–H groups in total. The molecule has 2 aromatic carbocycles. The van der Waals surface area contributed by atoms with E-state index in [2.05, 4.69) is 15.7 Å². The summed E-state index contributed by atoms with van der Waals surface area (Å²) in [7, 11) is 1.32. The fraction of sp³-hybridized carbons (Fsp3) is 0.0952. The number of carbonyl (C=O) groups excluding carboxylic acids is 1. The van der Waals surface area contributed by atoms with E-state index in [4.69, 9.17) is 51.8 Å². The number of nitrogens with zero attached hydrogens (tertiary/aromatic N) is 2. The van der Waals surface area contributed by atoms with Crippen molar-refractivity contribution in [2.75, 3.05) is 17.7 Å². The van der Waals surface area contributed by atoms with Gasteiger partial charge in [0.2, 0.25) is 0 Å². The van der Waals surface area contributed by atoms with Gasteiger partial charge in [-0.25, -0.2) is 4.79 Å². The molecule has 0 bridgehead atoms.